The first kappa shape index (κ1) is 19.0. The molecule has 1 N–H and O–H groups in total. The summed E-state index contributed by atoms with van der Waals surface area (Å²) in [4.78, 5) is 32.2. The van der Waals surface area contributed by atoms with Crippen molar-refractivity contribution in [2.24, 2.45) is 0 Å². The zero-order valence-corrected chi connectivity index (χ0v) is 16.0. The molecule has 0 aliphatic carbocycles. The van der Waals surface area contributed by atoms with Gasteiger partial charge in [0.25, 0.3) is 5.91 Å². The third kappa shape index (κ3) is 4.90. The number of amides is 1. The Kier molecular flexibility index (Phi) is 6.16. The molecule has 0 saturated heterocycles. The minimum Gasteiger partial charge on any atom is -0.451 e. The van der Waals surface area contributed by atoms with Crippen LogP contribution in [-0.4, -0.2) is 28.5 Å². The summed E-state index contributed by atoms with van der Waals surface area (Å²) in [6, 6.07) is 11.2. The number of benzene rings is 1. The Labute approximate surface area is 165 Å². The molecule has 2 aromatic heterocycles. The van der Waals surface area contributed by atoms with Crippen molar-refractivity contribution >= 4 is 40.5 Å². The zero-order valence-electron chi connectivity index (χ0n) is 14.4. The molecule has 3 aromatic rings. The topological polar surface area (TPSA) is 81.2 Å². The molecule has 3 rings (SSSR count). The number of aryl methyl sites for hydroxylation is 1. The van der Waals surface area contributed by atoms with Crippen molar-refractivity contribution < 1.29 is 14.3 Å². The fourth-order valence-electron chi connectivity index (χ4n) is 2.25. The third-order valence-electron chi connectivity index (χ3n) is 3.69. The van der Waals surface area contributed by atoms with Gasteiger partial charge in [0.1, 0.15) is 5.01 Å². The molecule has 1 amide bonds. The number of thiazole rings is 1. The average Bonchev–Trinajstić information content (AvgIpc) is 3.18. The van der Waals surface area contributed by atoms with Crippen LogP contribution in [0, 0.1) is 0 Å². The Morgan fingerprint density at radius 1 is 1.22 bits per heavy atom. The molecule has 27 heavy (non-hydrogen) atoms. The van der Waals surface area contributed by atoms with Crippen LogP contribution in [0.25, 0.3) is 10.6 Å². The molecule has 0 aliphatic rings. The largest absolute Gasteiger partial charge is 0.451 e. The minimum absolute atomic E-state index is 0.162. The van der Waals surface area contributed by atoms with Gasteiger partial charge >= 0.3 is 5.97 Å². The predicted octanol–water partition coefficient (Wildman–Crippen LogP) is 4.22. The van der Waals surface area contributed by atoms with Gasteiger partial charge < -0.3 is 10.1 Å². The fourth-order valence-corrected chi connectivity index (χ4v) is 3.22. The Morgan fingerprint density at radius 3 is 2.70 bits per heavy atom. The van der Waals surface area contributed by atoms with Crippen LogP contribution >= 0.6 is 22.9 Å². The monoisotopic (exact) mass is 401 g/mol. The second-order valence-electron chi connectivity index (χ2n) is 5.55. The summed E-state index contributed by atoms with van der Waals surface area (Å²) in [5.41, 5.74) is 2.68. The van der Waals surface area contributed by atoms with Crippen molar-refractivity contribution in [3.8, 4) is 10.6 Å². The summed E-state index contributed by atoms with van der Waals surface area (Å²) in [6.07, 6.45) is 2.47. The van der Waals surface area contributed by atoms with Crippen LogP contribution in [0.2, 0.25) is 5.15 Å². The minimum atomic E-state index is -0.657. The average molecular weight is 402 g/mol. The highest BCUT2D eigenvalue weighted by molar-refractivity contribution is 7.13. The second-order valence-corrected chi connectivity index (χ2v) is 6.77. The van der Waals surface area contributed by atoms with E-state index in [2.05, 4.69) is 22.2 Å². The molecule has 1 aromatic carbocycles. The fraction of sp³-hybridized carbons (Fsp3) is 0.158. The number of esters is 1. The standard InChI is InChI=1S/C19H16ClN3O3S/c1-2-12-5-7-13(8-6-12)18-23-15(11-27-18)19(25)26-10-16(24)22-14-4-3-9-21-17(14)20/h3-9,11H,2,10H2,1H3,(H,22,24). The van der Waals surface area contributed by atoms with Gasteiger partial charge in [0.05, 0.1) is 5.69 Å². The van der Waals surface area contributed by atoms with Gasteiger partial charge in [-0.05, 0) is 24.1 Å². The molecule has 0 unspecified atom stereocenters. The highest BCUT2D eigenvalue weighted by Crippen LogP contribution is 2.24. The van der Waals surface area contributed by atoms with Gasteiger partial charge in [-0.1, -0.05) is 42.8 Å². The summed E-state index contributed by atoms with van der Waals surface area (Å²) >= 11 is 7.21. The number of anilines is 1. The Morgan fingerprint density at radius 2 is 2.00 bits per heavy atom. The number of halogens is 1. The van der Waals surface area contributed by atoms with Crippen molar-refractivity contribution in [2.45, 2.75) is 13.3 Å². The van der Waals surface area contributed by atoms with Crippen LogP contribution in [0.15, 0.2) is 48.0 Å². The van der Waals surface area contributed by atoms with E-state index in [1.165, 1.54) is 23.1 Å². The molecule has 0 radical (unpaired) electrons. The third-order valence-corrected chi connectivity index (χ3v) is 4.88. The molecule has 8 heteroatoms. The van der Waals surface area contributed by atoms with Crippen LogP contribution in [0.4, 0.5) is 5.69 Å². The molecule has 0 aliphatic heterocycles. The summed E-state index contributed by atoms with van der Waals surface area (Å²) in [5.74, 6) is -1.17. The van der Waals surface area contributed by atoms with Crippen molar-refractivity contribution in [1.82, 2.24) is 9.97 Å². The van der Waals surface area contributed by atoms with Crippen molar-refractivity contribution in [1.29, 1.82) is 0 Å². The van der Waals surface area contributed by atoms with E-state index in [1.807, 2.05) is 24.3 Å². The van der Waals surface area contributed by atoms with Gasteiger partial charge in [0.2, 0.25) is 0 Å². The summed E-state index contributed by atoms with van der Waals surface area (Å²) in [6.45, 7) is 1.65. The van der Waals surface area contributed by atoms with Gasteiger partial charge in [-0.25, -0.2) is 14.8 Å². The van der Waals surface area contributed by atoms with E-state index in [-0.39, 0.29) is 10.8 Å². The van der Waals surface area contributed by atoms with E-state index in [1.54, 1.807) is 17.5 Å². The highest BCUT2D eigenvalue weighted by Gasteiger charge is 2.15. The molecule has 6 nitrogen and oxygen atoms in total. The first-order valence-electron chi connectivity index (χ1n) is 8.19. The molecule has 0 spiro atoms. The van der Waals surface area contributed by atoms with E-state index in [9.17, 15) is 9.59 Å². The number of aromatic nitrogens is 2. The molecular formula is C19H16ClN3O3S. The smallest absolute Gasteiger partial charge is 0.358 e. The molecule has 0 bridgehead atoms. The van der Waals surface area contributed by atoms with E-state index >= 15 is 0 Å². The van der Waals surface area contributed by atoms with Gasteiger partial charge in [0, 0.05) is 17.1 Å². The number of ether oxygens (including phenoxy) is 1. The van der Waals surface area contributed by atoms with E-state index in [0.29, 0.717) is 5.69 Å². The number of nitrogens with one attached hydrogen (secondary N) is 1. The van der Waals surface area contributed by atoms with Crippen LogP contribution in [0.3, 0.4) is 0 Å². The lowest BCUT2D eigenvalue weighted by atomic mass is 10.1. The number of hydrogen-bond donors (Lipinski definition) is 1. The lowest BCUT2D eigenvalue weighted by molar-refractivity contribution is -0.119. The Hall–Kier alpha value is -2.77. The van der Waals surface area contributed by atoms with Gasteiger partial charge in [-0.3, -0.25) is 4.79 Å². The molecule has 0 saturated carbocycles. The van der Waals surface area contributed by atoms with Gasteiger partial charge in [-0.15, -0.1) is 11.3 Å². The van der Waals surface area contributed by atoms with Gasteiger partial charge in [0.15, 0.2) is 17.5 Å². The number of carbonyl (C=O) groups is 2. The SMILES string of the molecule is CCc1ccc(-c2nc(C(=O)OCC(=O)Nc3cccnc3Cl)cs2)cc1. The number of pyridine rings is 1. The number of hydrogen-bond acceptors (Lipinski definition) is 6. The van der Waals surface area contributed by atoms with Crippen LogP contribution < -0.4 is 5.32 Å². The highest BCUT2D eigenvalue weighted by atomic mass is 35.5. The van der Waals surface area contributed by atoms with Crippen molar-refractivity contribution in [3.63, 3.8) is 0 Å². The number of carbonyl (C=O) groups excluding carboxylic acids is 2. The summed E-state index contributed by atoms with van der Waals surface area (Å²) in [7, 11) is 0. The summed E-state index contributed by atoms with van der Waals surface area (Å²) in [5, 5.41) is 5.02. The maximum atomic E-state index is 12.1. The van der Waals surface area contributed by atoms with Crippen LogP contribution in [0.5, 0.6) is 0 Å². The summed E-state index contributed by atoms with van der Waals surface area (Å²) < 4.78 is 5.02. The van der Waals surface area contributed by atoms with Crippen molar-refractivity contribution in [3.05, 3.63) is 64.4 Å². The Balaban J connectivity index is 1.57. The first-order chi connectivity index (χ1) is 13.1. The molecule has 2 heterocycles. The molecule has 0 fully saturated rings. The maximum Gasteiger partial charge on any atom is 0.358 e. The number of rotatable bonds is 6. The van der Waals surface area contributed by atoms with E-state index < -0.39 is 18.5 Å². The quantitative estimate of drug-likeness (QED) is 0.494. The Bertz CT molecular complexity index is 957. The lowest BCUT2D eigenvalue weighted by Gasteiger charge is -2.06. The van der Waals surface area contributed by atoms with Crippen molar-refractivity contribution in [2.75, 3.05) is 11.9 Å². The predicted molar refractivity (Wildman–Crippen MR) is 105 cm³/mol. The van der Waals surface area contributed by atoms with Gasteiger partial charge in [-0.2, -0.15) is 0 Å². The first-order valence-corrected chi connectivity index (χ1v) is 9.45. The maximum absolute atomic E-state index is 12.1. The van der Waals surface area contributed by atoms with Crippen LogP contribution in [-0.2, 0) is 16.0 Å². The number of nitrogens with zero attached hydrogens (tertiary/aromatic N) is 2. The molecule has 138 valence electrons. The van der Waals surface area contributed by atoms with E-state index in [0.717, 1.165) is 17.0 Å². The molecular weight excluding hydrogens is 386 g/mol. The normalized spacial score (nSPS) is 10.4. The second kappa shape index (κ2) is 8.75. The zero-order chi connectivity index (χ0) is 19.2. The molecule has 0 atom stereocenters. The lowest BCUT2D eigenvalue weighted by Crippen LogP contribution is -2.21. The van der Waals surface area contributed by atoms with E-state index in [4.69, 9.17) is 16.3 Å². The van der Waals surface area contributed by atoms with Crippen LogP contribution in [0.1, 0.15) is 23.0 Å².